The molecule has 1 atom stereocenters. The van der Waals surface area contributed by atoms with Crippen LogP contribution in [0.5, 0.6) is 0 Å². The summed E-state index contributed by atoms with van der Waals surface area (Å²) in [6, 6.07) is 9.82. The van der Waals surface area contributed by atoms with Crippen LogP contribution in [0.3, 0.4) is 0 Å². The van der Waals surface area contributed by atoms with Crippen molar-refractivity contribution in [2.75, 3.05) is 25.1 Å². The highest BCUT2D eigenvalue weighted by Gasteiger charge is 2.28. The van der Waals surface area contributed by atoms with E-state index in [4.69, 9.17) is 4.74 Å². The Balaban J connectivity index is 0.00000208. The minimum atomic E-state index is -0.335. The zero-order valence-corrected chi connectivity index (χ0v) is 15.2. The normalized spacial score (nSPS) is 17.8. The monoisotopic (exact) mass is 368 g/mol. The van der Waals surface area contributed by atoms with Gasteiger partial charge < -0.3 is 10.1 Å². The number of anilines is 1. The molecule has 1 fully saturated rings. The third-order valence-electron chi connectivity index (χ3n) is 3.92. The van der Waals surface area contributed by atoms with Crippen molar-refractivity contribution >= 4 is 34.8 Å². The maximum absolute atomic E-state index is 12.2. The summed E-state index contributed by atoms with van der Waals surface area (Å²) in [5.74, 6) is -0.134. The zero-order valence-electron chi connectivity index (χ0n) is 13.6. The smallest absolute Gasteiger partial charge is 0.245 e. The molecule has 2 aromatic rings. The summed E-state index contributed by atoms with van der Waals surface area (Å²) < 4.78 is 5.30. The molecular weight excluding hydrogens is 348 g/mol. The molecule has 3 rings (SSSR count). The van der Waals surface area contributed by atoms with E-state index in [2.05, 4.69) is 46.8 Å². The van der Waals surface area contributed by atoms with Crippen LogP contribution in [-0.2, 0) is 14.9 Å². The molecule has 0 radical (unpaired) electrons. The minimum absolute atomic E-state index is 0. The van der Waals surface area contributed by atoms with E-state index < -0.39 is 0 Å². The summed E-state index contributed by atoms with van der Waals surface area (Å²) in [7, 11) is 0. The van der Waals surface area contributed by atoms with Gasteiger partial charge in [-0.3, -0.25) is 10.1 Å². The Kier molecular flexibility index (Phi) is 6.28. The Labute approximate surface area is 151 Å². The molecule has 0 spiro atoms. The SMILES string of the molecule is CC(C)(c1ccccc1)c1nnc(NC(=O)C2COCCN2)s1.Cl. The number of carbonyl (C=O) groups excluding carboxylic acids is 1. The van der Waals surface area contributed by atoms with Gasteiger partial charge in [-0.15, -0.1) is 22.6 Å². The molecule has 2 N–H and O–H groups in total. The molecule has 130 valence electrons. The first-order valence-corrected chi connectivity index (χ1v) is 8.40. The van der Waals surface area contributed by atoms with Gasteiger partial charge in [0, 0.05) is 12.0 Å². The van der Waals surface area contributed by atoms with Gasteiger partial charge in [-0.1, -0.05) is 41.7 Å². The molecule has 1 saturated heterocycles. The van der Waals surface area contributed by atoms with Gasteiger partial charge in [0.05, 0.1) is 13.2 Å². The first-order valence-electron chi connectivity index (χ1n) is 7.59. The van der Waals surface area contributed by atoms with E-state index in [1.807, 2.05) is 18.2 Å². The molecule has 1 aliphatic heterocycles. The molecule has 2 heterocycles. The Morgan fingerprint density at radius 2 is 2.08 bits per heavy atom. The fourth-order valence-corrected chi connectivity index (χ4v) is 3.30. The third kappa shape index (κ3) is 4.10. The molecule has 1 aliphatic rings. The van der Waals surface area contributed by atoms with Crippen LogP contribution in [0.4, 0.5) is 5.13 Å². The van der Waals surface area contributed by atoms with Crippen molar-refractivity contribution in [1.82, 2.24) is 15.5 Å². The van der Waals surface area contributed by atoms with Crippen molar-refractivity contribution in [3.8, 4) is 0 Å². The standard InChI is InChI=1S/C16H20N4O2S.ClH/c1-16(2,11-6-4-3-5-7-11)14-19-20-15(23-14)18-13(21)12-10-22-9-8-17-12;/h3-7,12,17H,8-10H2,1-2H3,(H,18,20,21);1H. The number of nitrogens with zero attached hydrogens (tertiary/aromatic N) is 2. The van der Waals surface area contributed by atoms with Gasteiger partial charge in [-0.05, 0) is 19.4 Å². The lowest BCUT2D eigenvalue weighted by Crippen LogP contribution is -2.48. The number of rotatable bonds is 4. The highest BCUT2D eigenvalue weighted by Crippen LogP contribution is 2.34. The second-order valence-electron chi connectivity index (χ2n) is 5.97. The summed E-state index contributed by atoms with van der Waals surface area (Å²) >= 11 is 1.40. The van der Waals surface area contributed by atoms with Crippen LogP contribution in [0.15, 0.2) is 30.3 Å². The largest absolute Gasteiger partial charge is 0.378 e. The van der Waals surface area contributed by atoms with E-state index in [0.717, 1.165) is 10.6 Å². The van der Waals surface area contributed by atoms with Crippen LogP contribution in [-0.4, -0.2) is 41.9 Å². The molecule has 0 aliphatic carbocycles. The van der Waals surface area contributed by atoms with Crippen LogP contribution in [0.1, 0.15) is 24.4 Å². The lowest BCUT2D eigenvalue weighted by atomic mass is 9.85. The molecular formula is C16H21ClN4O2S. The van der Waals surface area contributed by atoms with Crippen molar-refractivity contribution in [1.29, 1.82) is 0 Å². The Morgan fingerprint density at radius 1 is 1.33 bits per heavy atom. The molecule has 24 heavy (non-hydrogen) atoms. The lowest BCUT2D eigenvalue weighted by Gasteiger charge is -2.22. The highest BCUT2D eigenvalue weighted by atomic mass is 35.5. The van der Waals surface area contributed by atoms with Gasteiger partial charge in [0.25, 0.3) is 0 Å². The summed E-state index contributed by atoms with van der Waals surface area (Å²) in [4.78, 5) is 12.2. The quantitative estimate of drug-likeness (QED) is 0.865. The first kappa shape index (κ1) is 18.8. The van der Waals surface area contributed by atoms with E-state index >= 15 is 0 Å². The van der Waals surface area contributed by atoms with Crippen LogP contribution >= 0.6 is 23.7 Å². The Bertz CT molecular complexity index is 672. The number of nitrogens with one attached hydrogen (secondary N) is 2. The molecule has 1 unspecified atom stereocenters. The van der Waals surface area contributed by atoms with Crippen molar-refractivity contribution in [2.24, 2.45) is 0 Å². The van der Waals surface area contributed by atoms with Crippen LogP contribution in [0.2, 0.25) is 0 Å². The first-order chi connectivity index (χ1) is 11.1. The van der Waals surface area contributed by atoms with E-state index in [1.165, 1.54) is 11.3 Å². The van der Waals surface area contributed by atoms with Crippen LogP contribution < -0.4 is 10.6 Å². The Morgan fingerprint density at radius 3 is 2.75 bits per heavy atom. The highest BCUT2D eigenvalue weighted by molar-refractivity contribution is 7.15. The Hall–Kier alpha value is -1.54. The summed E-state index contributed by atoms with van der Waals surface area (Å²) in [6.07, 6.45) is 0. The van der Waals surface area contributed by atoms with E-state index in [9.17, 15) is 4.79 Å². The van der Waals surface area contributed by atoms with Gasteiger partial charge in [-0.2, -0.15) is 0 Å². The average molecular weight is 369 g/mol. The predicted molar refractivity (Wildman–Crippen MR) is 97.0 cm³/mol. The number of amides is 1. The maximum atomic E-state index is 12.2. The number of benzene rings is 1. The van der Waals surface area contributed by atoms with Gasteiger partial charge in [0.2, 0.25) is 11.0 Å². The number of hydrogen-bond acceptors (Lipinski definition) is 6. The van der Waals surface area contributed by atoms with Crippen molar-refractivity contribution in [3.63, 3.8) is 0 Å². The summed E-state index contributed by atoms with van der Waals surface area (Å²) in [6.45, 7) is 5.90. The summed E-state index contributed by atoms with van der Waals surface area (Å²) in [5, 5.41) is 15.7. The molecule has 8 heteroatoms. The molecule has 1 amide bonds. The van der Waals surface area contributed by atoms with Gasteiger partial charge in [0.1, 0.15) is 11.0 Å². The number of aromatic nitrogens is 2. The number of halogens is 1. The van der Waals surface area contributed by atoms with Gasteiger partial charge in [-0.25, -0.2) is 0 Å². The number of hydrogen-bond donors (Lipinski definition) is 2. The van der Waals surface area contributed by atoms with E-state index in [1.54, 1.807) is 0 Å². The number of morpholine rings is 1. The molecule has 0 saturated carbocycles. The second-order valence-corrected chi connectivity index (χ2v) is 6.95. The molecule has 1 aromatic carbocycles. The second kappa shape index (κ2) is 8.02. The lowest BCUT2D eigenvalue weighted by molar-refractivity contribution is -0.120. The summed E-state index contributed by atoms with van der Waals surface area (Å²) in [5.41, 5.74) is 0.907. The van der Waals surface area contributed by atoms with Crippen LogP contribution in [0, 0.1) is 0 Å². The van der Waals surface area contributed by atoms with E-state index in [0.29, 0.717) is 24.9 Å². The zero-order chi connectivity index (χ0) is 16.3. The van der Waals surface area contributed by atoms with Crippen molar-refractivity contribution in [3.05, 3.63) is 40.9 Å². The fourth-order valence-electron chi connectivity index (χ4n) is 2.43. The fraction of sp³-hybridized carbons (Fsp3) is 0.438. The number of carbonyl (C=O) groups is 1. The molecule has 1 aromatic heterocycles. The third-order valence-corrected chi connectivity index (χ3v) is 5.09. The van der Waals surface area contributed by atoms with Gasteiger partial charge >= 0.3 is 0 Å². The van der Waals surface area contributed by atoms with Gasteiger partial charge in [0.15, 0.2) is 0 Å². The van der Waals surface area contributed by atoms with Crippen molar-refractivity contribution in [2.45, 2.75) is 25.3 Å². The predicted octanol–water partition coefficient (Wildman–Crippen LogP) is 2.21. The average Bonchev–Trinajstić information content (AvgIpc) is 3.06. The molecule has 6 nitrogen and oxygen atoms in total. The number of ether oxygens (including phenoxy) is 1. The van der Waals surface area contributed by atoms with Crippen LogP contribution in [0.25, 0.3) is 0 Å². The topological polar surface area (TPSA) is 76.1 Å². The van der Waals surface area contributed by atoms with E-state index in [-0.39, 0.29) is 29.8 Å². The maximum Gasteiger partial charge on any atom is 0.245 e. The minimum Gasteiger partial charge on any atom is -0.378 e. The molecule has 0 bridgehead atoms. The van der Waals surface area contributed by atoms with Crippen molar-refractivity contribution < 1.29 is 9.53 Å².